The highest BCUT2D eigenvalue weighted by molar-refractivity contribution is 5.77. The molecule has 0 aromatic carbocycles. The van der Waals surface area contributed by atoms with E-state index in [4.69, 9.17) is 0 Å². The molecule has 0 aromatic rings. The first-order valence-electron chi connectivity index (χ1n) is 5.58. The van der Waals surface area contributed by atoms with Gasteiger partial charge in [0.25, 0.3) is 0 Å². The Hall–Kier alpha value is -0.580. The van der Waals surface area contributed by atoms with Gasteiger partial charge in [-0.15, -0.1) is 0 Å². The summed E-state index contributed by atoms with van der Waals surface area (Å²) in [6.07, 6.45) is -2.83. The standard InChI is InChI=1S/C11H20F3NO/c1-4-10(16)6-5-7-15(9(2)3)8-11(12,13)14/h9H,4-8H2,1-3H3. The molecular weight excluding hydrogens is 219 g/mol. The fourth-order valence-corrected chi connectivity index (χ4v) is 1.41. The summed E-state index contributed by atoms with van der Waals surface area (Å²) in [5.41, 5.74) is 0. The summed E-state index contributed by atoms with van der Waals surface area (Å²) in [4.78, 5) is 12.4. The second-order valence-electron chi connectivity index (χ2n) is 4.18. The molecule has 0 saturated heterocycles. The second-order valence-corrected chi connectivity index (χ2v) is 4.18. The number of carbonyl (C=O) groups excluding carboxylic acids is 1. The predicted molar refractivity (Wildman–Crippen MR) is 57.3 cm³/mol. The number of alkyl halides is 3. The number of Topliss-reactive ketones (excluding diaryl/α,β-unsaturated/α-hetero) is 1. The van der Waals surface area contributed by atoms with Gasteiger partial charge in [-0.1, -0.05) is 6.92 Å². The van der Waals surface area contributed by atoms with Crippen LogP contribution >= 0.6 is 0 Å². The molecule has 0 aliphatic heterocycles. The maximum absolute atomic E-state index is 12.2. The summed E-state index contributed by atoms with van der Waals surface area (Å²) >= 11 is 0. The Labute approximate surface area is 94.8 Å². The number of nitrogens with zero attached hydrogens (tertiary/aromatic N) is 1. The van der Waals surface area contributed by atoms with Crippen LogP contribution in [0.4, 0.5) is 13.2 Å². The third-order valence-corrected chi connectivity index (χ3v) is 2.41. The Balaban J connectivity index is 4.00. The molecule has 0 N–H and O–H groups in total. The third kappa shape index (κ3) is 7.68. The van der Waals surface area contributed by atoms with Crippen LogP contribution in [0.25, 0.3) is 0 Å². The van der Waals surface area contributed by atoms with E-state index in [1.807, 2.05) is 0 Å². The number of hydrogen-bond donors (Lipinski definition) is 0. The van der Waals surface area contributed by atoms with Crippen molar-refractivity contribution in [3.8, 4) is 0 Å². The molecular formula is C11H20F3NO. The minimum absolute atomic E-state index is 0.107. The summed E-state index contributed by atoms with van der Waals surface area (Å²) in [6, 6.07) is -0.154. The van der Waals surface area contributed by atoms with Crippen LogP contribution < -0.4 is 0 Å². The van der Waals surface area contributed by atoms with Crippen molar-refractivity contribution in [2.45, 2.75) is 52.3 Å². The van der Waals surface area contributed by atoms with Gasteiger partial charge in [-0.25, -0.2) is 0 Å². The van der Waals surface area contributed by atoms with Gasteiger partial charge >= 0.3 is 6.18 Å². The summed E-state index contributed by atoms with van der Waals surface area (Å²) in [5.74, 6) is 0.107. The van der Waals surface area contributed by atoms with Gasteiger partial charge in [0.2, 0.25) is 0 Å². The van der Waals surface area contributed by atoms with Crippen LogP contribution in [0.5, 0.6) is 0 Å². The molecule has 0 heterocycles. The average molecular weight is 239 g/mol. The van der Waals surface area contributed by atoms with Crippen LogP contribution in [-0.2, 0) is 4.79 Å². The lowest BCUT2D eigenvalue weighted by Crippen LogP contribution is -2.39. The molecule has 0 atom stereocenters. The van der Waals surface area contributed by atoms with Crippen molar-refractivity contribution in [3.63, 3.8) is 0 Å². The van der Waals surface area contributed by atoms with E-state index in [0.29, 0.717) is 25.8 Å². The molecule has 5 heteroatoms. The molecule has 0 aliphatic rings. The molecule has 0 fully saturated rings. The number of ketones is 1. The molecule has 0 radical (unpaired) electrons. The second kappa shape index (κ2) is 6.89. The SMILES string of the molecule is CCC(=O)CCCN(CC(F)(F)F)C(C)C. The molecule has 0 rings (SSSR count). The minimum Gasteiger partial charge on any atom is -0.300 e. The molecule has 0 amide bonds. The van der Waals surface area contributed by atoms with Crippen LogP contribution in [0.2, 0.25) is 0 Å². The number of halogens is 3. The molecule has 0 aromatic heterocycles. The van der Waals surface area contributed by atoms with Crippen molar-refractivity contribution in [2.24, 2.45) is 0 Å². The van der Waals surface area contributed by atoms with Gasteiger partial charge in [0.15, 0.2) is 0 Å². The molecule has 0 unspecified atom stereocenters. The van der Waals surface area contributed by atoms with Crippen molar-refractivity contribution in [1.82, 2.24) is 4.90 Å². The van der Waals surface area contributed by atoms with E-state index in [2.05, 4.69) is 0 Å². The zero-order chi connectivity index (χ0) is 12.8. The molecule has 2 nitrogen and oxygen atoms in total. The van der Waals surface area contributed by atoms with Crippen molar-refractivity contribution in [1.29, 1.82) is 0 Å². The largest absolute Gasteiger partial charge is 0.401 e. The van der Waals surface area contributed by atoms with E-state index in [9.17, 15) is 18.0 Å². The summed E-state index contributed by atoms with van der Waals surface area (Å²) in [7, 11) is 0. The van der Waals surface area contributed by atoms with Gasteiger partial charge in [-0.2, -0.15) is 13.2 Å². The lowest BCUT2D eigenvalue weighted by atomic mass is 10.1. The van der Waals surface area contributed by atoms with Crippen molar-refractivity contribution >= 4 is 5.78 Å². The van der Waals surface area contributed by atoms with Gasteiger partial charge in [0.05, 0.1) is 6.54 Å². The molecule has 96 valence electrons. The zero-order valence-corrected chi connectivity index (χ0v) is 10.1. The predicted octanol–water partition coefficient (Wildman–Crippen LogP) is 3.02. The van der Waals surface area contributed by atoms with E-state index in [0.717, 1.165) is 0 Å². The van der Waals surface area contributed by atoms with Crippen molar-refractivity contribution < 1.29 is 18.0 Å². The molecule has 0 aliphatic carbocycles. The number of carbonyl (C=O) groups is 1. The van der Waals surface area contributed by atoms with Crippen molar-refractivity contribution in [3.05, 3.63) is 0 Å². The molecule has 0 saturated carbocycles. The van der Waals surface area contributed by atoms with E-state index in [1.165, 1.54) is 4.90 Å². The average Bonchev–Trinajstić information content (AvgIpc) is 2.13. The molecule has 0 spiro atoms. The quantitative estimate of drug-likeness (QED) is 0.680. The van der Waals surface area contributed by atoms with Crippen LogP contribution in [-0.4, -0.2) is 36.0 Å². The highest BCUT2D eigenvalue weighted by Crippen LogP contribution is 2.18. The number of rotatable bonds is 7. The van der Waals surface area contributed by atoms with Gasteiger partial charge in [0, 0.05) is 18.9 Å². The lowest BCUT2D eigenvalue weighted by molar-refractivity contribution is -0.149. The van der Waals surface area contributed by atoms with E-state index in [-0.39, 0.29) is 11.8 Å². The molecule has 0 bridgehead atoms. The third-order valence-electron chi connectivity index (χ3n) is 2.41. The van der Waals surface area contributed by atoms with E-state index >= 15 is 0 Å². The Kier molecular flexibility index (Phi) is 6.64. The van der Waals surface area contributed by atoms with Crippen LogP contribution in [0, 0.1) is 0 Å². The van der Waals surface area contributed by atoms with Crippen LogP contribution in [0.1, 0.15) is 40.0 Å². The first-order chi connectivity index (χ1) is 7.26. The fraction of sp³-hybridized carbons (Fsp3) is 0.909. The van der Waals surface area contributed by atoms with Gasteiger partial charge in [-0.3, -0.25) is 9.69 Å². The summed E-state index contributed by atoms with van der Waals surface area (Å²) in [6.45, 7) is 4.65. The Morgan fingerprint density at radius 3 is 2.25 bits per heavy atom. The smallest absolute Gasteiger partial charge is 0.300 e. The Morgan fingerprint density at radius 1 is 1.31 bits per heavy atom. The zero-order valence-electron chi connectivity index (χ0n) is 10.1. The number of hydrogen-bond acceptors (Lipinski definition) is 2. The first kappa shape index (κ1) is 15.4. The highest BCUT2D eigenvalue weighted by Gasteiger charge is 2.31. The van der Waals surface area contributed by atoms with Gasteiger partial charge in [-0.05, 0) is 26.8 Å². The first-order valence-corrected chi connectivity index (χ1v) is 5.58. The van der Waals surface area contributed by atoms with Crippen LogP contribution in [0.15, 0.2) is 0 Å². The topological polar surface area (TPSA) is 20.3 Å². The lowest BCUT2D eigenvalue weighted by Gasteiger charge is -2.27. The summed E-state index contributed by atoms with van der Waals surface area (Å²) < 4.78 is 36.6. The van der Waals surface area contributed by atoms with E-state index in [1.54, 1.807) is 20.8 Å². The maximum Gasteiger partial charge on any atom is 0.401 e. The van der Waals surface area contributed by atoms with Crippen molar-refractivity contribution in [2.75, 3.05) is 13.1 Å². The minimum atomic E-state index is -4.17. The normalized spacial score (nSPS) is 12.5. The fourth-order valence-electron chi connectivity index (χ4n) is 1.41. The monoisotopic (exact) mass is 239 g/mol. The van der Waals surface area contributed by atoms with Gasteiger partial charge < -0.3 is 0 Å². The Bertz CT molecular complexity index is 214. The summed E-state index contributed by atoms with van der Waals surface area (Å²) in [5, 5.41) is 0. The van der Waals surface area contributed by atoms with Crippen LogP contribution in [0.3, 0.4) is 0 Å². The molecule has 16 heavy (non-hydrogen) atoms. The van der Waals surface area contributed by atoms with E-state index < -0.39 is 12.7 Å². The highest BCUT2D eigenvalue weighted by atomic mass is 19.4. The maximum atomic E-state index is 12.2. The Morgan fingerprint density at radius 2 is 1.88 bits per heavy atom. The van der Waals surface area contributed by atoms with Gasteiger partial charge in [0.1, 0.15) is 5.78 Å².